The smallest absolute Gasteiger partial charge is 0.414 e. The van der Waals surface area contributed by atoms with Gasteiger partial charge < -0.3 is 20.9 Å². The number of aliphatic hydroxyl groups excluding tert-OH is 1. The van der Waals surface area contributed by atoms with Crippen LogP contribution in [0.25, 0.3) is 0 Å². The number of ether oxygens (including phenoxy) is 1. The monoisotopic (exact) mass is 495 g/mol. The fourth-order valence-electron chi connectivity index (χ4n) is 2.93. The largest absolute Gasteiger partial charge is 0.444 e. The minimum Gasteiger partial charge on any atom is -0.444 e. The van der Waals surface area contributed by atoms with Crippen molar-refractivity contribution < 1.29 is 19.4 Å². The van der Waals surface area contributed by atoms with E-state index in [2.05, 4.69) is 32.7 Å². The number of nitrogens with two attached hydrogens (primary N) is 1. The van der Waals surface area contributed by atoms with Crippen molar-refractivity contribution in [1.82, 2.24) is 5.32 Å². The molecule has 1 heterocycles. The highest BCUT2D eigenvalue weighted by Crippen LogP contribution is 2.23. The second kappa shape index (κ2) is 18.0. The summed E-state index contributed by atoms with van der Waals surface area (Å²) < 4.78 is 5.15. The number of cyclic esters (lactones) is 1. The maximum atomic E-state index is 11.6. The SMILES string of the molecule is C=CC(CNCC)C/C(=C/Cl)C(C)O.CCC.CCC1CN(c2ccc(C(N)=O)cc2)C(=O)O1. The Kier molecular flexibility index (Phi) is 16.8. The first-order valence-corrected chi connectivity index (χ1v) is 12.3. The summed E-state index contributed by atoms with van der Waals surface area (Å²) in [6.45, 7) is 16.1. The first-order chi connectivity index (χ1) is 16.2. The fraction of sp³-hybridized carbons (Fsp3) is 0.538. The summed E-state index contributed by atoms with van der Waals surface area (Å²) >= 11 is 5.62. The summed E-state index contributed by atoms with van der Waals surface area (Å²) in [7, 11) is 0. The molecule has 0 spiro atoms. The van der Waals surface area contributed by atoms with Gasteiger partial charge >= 0.3 is 6.09 Å². The van der Waals surface area contributed by atoms with Gasteiger partial charge in [-0.2, -0.15) is 0 Å². The lowest BCUT2D eigenvalue weighted by molar-refractivity contribution is 0.1000. The van der Waals surface area contributed by atoms with Gasteiger partial charge in [-0.25, -0.2) is 4.79 Å². The predicted molar refractivity (Wildman–Crippen MR) is 141 cm³/mol. The van der Waals surface area contributed by atoms with Gasteiger partial charge in [-0.1, -0.05) is 51.8 Å². The van der Waals surface area contributed by atoms with E-state index in [0.29, 0.717) is 18.0 Å². The fourth-order valence-corrected chi connectivity index (χ4v) is 3.20. The number of benzene rings is 1. The first kappa shape index (κ1) is 31.6. The van der Waals surface area contributed by atoms with Crippen LogP contribution in [0.4, 0.5) is 10.5 Å². The molecule has 8 heteroatoms. The van der Waals surface area contributed by atoms with Gasteiger partial charge in [-0.3, -0.25) is 9.69 Å². The number of nitrogens with one attached hydrogen (secondary N) is 1. The van der Waals surface area contributed by atoms with Crippen LogP contribution >= 0.6 is 11.6 Å². The summed E-state index contributed by atoms with van der Waals surface area (Å²) in [4.78, 5) is 24.0. The normalized spacial score (nSPS) is 16.9. The standard InChI is InChI=1S/C12H14N2O3.C11H20ClNO.C3H8/c1-2-10-7-14(12(16)17-10)9-5-3-8(4-6-9)11(13)15;1-4-10(8-13-5-2)6-11(7-12)9(3)14;1-3-2/h3-6,10H,2,7H2,1H3,(H2,13,15);4,7,9-10,13-14H,1,5-6,8H2,2-3H3;3H2,1-2H3/b;11-7-;. The van der Waals surface area contributed by atoms with Crippen LogP contribution in [-0.2, 0) is 4.74 Å². The number of halogens is 1. The molecule has 1 aromatic carbocycles. The van der Waals surface area contributed by atoms with Crippen LogP contribution in [0.3, 0.4) is 0 Å². The molecule has 0 aliphatic carbocycles. The summed E-state index contributed by atoms with van der Waals surface area (Å²) in [6, 6.07) is 6.59. The highest BCUT2D eigenvalue weighted by molar-refractivity contribution is 6.25. The van der Waals surface area contributed by atoms with Crippen molar-refractivity contribution >= 4 is 29.3 Å². The van der Waals surface area contributed by atoms with Crippen LogP contribution in [0.15, 0.2) is 48.0 Å². The van der Waals surface area contributed by atoms with Crippen LogP contribution in [0, 0.1) is 5.92 Å². The van der Waals surface area contributed by atoms with Crippen molar-refractivity contribution in [3.8, 4) is 0 Å². The summed E-state index contributed by atoms with van der Waals surface area (Å²) in [6.07, 6.45) is 3.82. The van der Waals surface area contributed by atoms with Gasteiger partial charge in [0.05, 0.1) is 12.6 Å². The Labute approximate surface area is 210 Å². The number of primary amides is 1. The van der Waals surface area contributed by atoms with Gasteiger partial charge in [0.1, 0.15) is 6.10 Å². The van der Waals surface area contributed by atoms with Crippen molar-refractivity contribution in [3.05, 3.63) is 53.6 Å². The Hall–Kier alpha value is -2.35. The Morgan fingerprint density at radius 2 is 1.91 bits per heavy atom. The lowest BCUT2D eigenvalue weighted by Gasteiger charge is -2.16. The minimum atomic E-state index is -0.480. The summed E-state index contributed by atoms with van der Waals surface area (Å²) in [5, 5.41) is 12.6. The van der Waals surface area contributed by atoms with Crippen molar-refractivity contribution in [1.29, 1.82) is 0 Å². The van der Waals surface area contributed by atoms with Gasteiger partial charge in [-0.05, 0) is 62.1 Å². The second-order valence-corrected chi connectivity index (χ2v) is 8.23. The third-order valence-electron chi connectivity index (χ3n) is 4.96. The van der Waals surface area contributed by atoms with E-state index in [1.54, 1.807) is 36.1 Å². The van der Waals surface area contributed by atoms with E-state index < -0.39 is 12.0 Å². The number of hydrogen-bond acceptors (Lipinski definition) is 5. The number of aliphatic hydroxyl groups is 1. The number of hydrogen-bond donors (Lipinski definition) is 3. The molecular weight excluding hydrogens is 454 g/mol. The highest BCUT2D eigenvalue weighted by atomic mass is 35.5. The summed E-state index contributed by atoms with van der Waals surface area (Å²) in [5.41, 5.74) is 8.61. The maximum absolute atomic E-state index is 11.6. The lowest BCUT2D eigenvalue weighted by atomic mass is 9.97. The molecule has 1 aliphatic heterocycles. The number of nitrogens with zero attached hydrogens (tertiary/aromatic N) is 1. The average molecular weight is 496 g/mol. The maximum Gasteiger partial charge on any atom is 0.414 e. The van der Waals surface area contributed by atoms with Gasteiger partial charge in [0.25, 0.3) is 0 Å². The molecule has 0 aromatic heterocycles. The molecule has 1 aromatic rings. The average Bonchev–Trinajstić information content (AvgIpc) is 3.20. The number of amides is 2. The molecule has 34 heavy (non-hydrogen) atoms. The molecule has 2 amide bonds. The number of rotatable bonds is 10. The van der Waals surface area contributed by atoms with E-state index in [1.165, 1.54) is 12.0 Å². The molecule has 192 valence electrons. The topological polar surface area (TPSA) is 105 Å². The molecule has 0 radical (unpaired) electrons. The lowest BCUT2D eigenvalue weighted by Crippen LogP contribution is -2.24. The van der Waals surface area contributed by atoms with Gasteiger partial charge in [0.2, 0.25) is 5.91 Å². The van der Waals surface area contributed by atoms with Crippen molar-refractivity contribution in [2.75, 3.05) is 24.5 Å². The zero-order chi connectivity index (χ0) is 26.1. The molecular formula is C26H42ClN3O4. The molecule has 0 saturated carbocycles. The van der Waals surface area contributed by atoms with E-state index in [4.69, 9.17) is 22.1 Å². The molecule has 3 atom stereocenters. The van der Waals surface area contributed by atoms with Crippen LogP contribution in [0.2, 0.25) is 0 Å². The molecule has 1 aliphatic rings. The minimum absolute atomic E-state index is 0.0571. The Balaban J connectivity index is 0.000000585. The Morgan fingerprint density at radius 1 is 1.32 bits per heavy atom. The van der Waals surface area contributed by atoms with E-state index >= 15 is 0 Å². The predicted octanol–water partition coefficient (Wildman–Crippen LogP) is 5.23. The molecule has 7 nitrogen and oxygen atoms in total. The van der Waals surface area contributed by atoms with E-state index in [9.17, 15) is 14.7 Å². The van der Waals surface area contributed by atoms with Crippen LogP contribution in [-0.4, -0.2) is 48.9 Å². The van der Waals surface area contributed by atoms with Gasteiger partial charge in [0, 0.05) is 23.3 Å². The summed E-state index contributed by atoms with van der Waals surface area (Å²) in [5.74, 6) is -0.151. The Morgan fingerprint density at radius 3 is 2.29 bits per heavy atom. The van der Waals surface area contributed by atoms with Crippen LogP contribution in [0.5, 0.6) is 0 Å². The zero-order valence-electron chi connectivity index (χ0n) is 21.2. The molecule has 1 saturated heterocycles. The molecule has 3 unspecified atom stereocenters. The van der Waals surface area contributed by atoms with Crippen LogP contribution in [0.1, 0.15) is 64.2 Å². The first-order valence-electron chi connectivity index (χ1n) is 11.9. The number of anilines is 1. The third-order valence-corrected chi connectivity index (χ3v) is 5.24. The van der Waals surface area contributed by atoms with Gasteiger partial charge in [0.15, 0.2) is 0 Å². The molecule has 2 rings (SSSR count). The van der Waals surface area contributed by atoms with Crippen LogP contribution < -0.4 is 16.0 Å². The molecule has 0 bridgehead atoms. The van der Waals surface area contributed by atoms with Crippen molar-refractivity contribution in [3.63, 3.8) is 0 Å². The van der Waals surface area contributed by atoms with E-state index in [-0.39, 0.29) is 12.2 Å². The molecule has 1 fully saturated rings. The highest BCUT2D eigenvalue weighted by Gasteiger charge is 2.30. The second-order valence-electron chi connectivity index (χ2n) is 8.01. The van der Waals surface area contributed by atoms with E-state index in [0.717, 1.165) is 37.2 Å². The molecule has 4 N–H and O–H groups in total. The number of carbonyl (C=O) groups is 2. The third kappa shape index (κ3) is 11.7. The van der Waals surface area contributed by atoms with E-state index in [1.807, 2.05) is 13.0 Å². The quantitative estimate of drug-likeness (QED) is 0.385. The van der Waals surface area contributed by atoms with Gasteiger partial charge in [-0.15, -0.1) is 6.58 Å². The number of carbonyl (C=O) groups excluding carboxylic acids is 2. The Bertz CT molecular complexity index is 766. The zero-order valence-corrected chi connectivity index (χ0v) is 22.0. The van der Waals surface area contributed by atoms with Crippen molar-refractivity contribution in [2.45, 2.75) is 66.1 Å². The van der Waals surface area contributed by atoms with Crippen molar-refractivity contribution in [2.24, 2.45) is 11.7 Å².